The van der Waals surface area contributed by atoms with E-state index in [2.05, 4.69) is 24.5 Å². The zero-order chi connectivity index (χ0) is 18.7. The second-order valence-corrected chi connectivity index (χ2v) is 7.74. The van der Waals surface area contributed by atoms with Gasteiger partial charge in [-0.2, -0.15) is 0 Å². The molecule has 150 valence electrons. The summed E-state index contributed by atoms with van der Waals surface area (Å²) in [5.41, 5.74) is 2.22. The summed E-state index contributed by atoms with van der Waals surface area (Å²) in [6.45, 7) is 9.69. The Bertz CT molecular complexity index is 666. The molecular weight excluding hydrogens is 366 g/mol. The number of carbonyl (C=O) groups is 2. The monoisotopic (exact) mass is 395 g/mol. The fourth-order valence-corrected chi connectivity index (χ4v) is 3.85. The molecule has 0 spiro atoms. The number of benzene rings is 1. The maximum Gasteiger partial charge on any atom is 0.254 e. The van der Waals surface area contributed by atoms with Crippen LogP contribution in [0, 0.1) is 18.8 Å². The lowest BCUT2D eigenvalue weighted by Crippen LogP contribution is -2.45. The van der Waals surface area contributed by atoms with Crippen LogP contribution < -0.4 is 10.6 Å². The largest absolute Gasteiger partial charge is 0.366 e. The Balaban J connectivity index is 0.00000261. The molecule has 3 rings (SSSR count). The molecule has 3 unspecified atom stereocenters. The third-order valence-corrected chi connectivity index (χ3v) is 5.12. The van der Waals surface area contributed by atoms with E-state index >= 15 is 0 Å². The minimum Gasteiger partial charge on any atom is -0.366 e. The highest BCUT2D eigenvalue weighted by Crippen LogP contribution is 2.24. The van der Waals surface area contributed by atoms with Gasteiger partial charge in [0.05, 0.1) is 6.61 Å². The van der Waals surface area contributed by atoms with Crippen LogP contribution in [-0.2, 0) is 9.53 Å². The van der Waals surface area contributed by atoms with Crippen molar-refractivity contribution in [3.8, 4) is 0 Å². The van der Waals surface area contributed by atoms with Crippen molar-refractivity contribution in [1.82, 2.24) is 10.2 Å². The first-order valence-electron chi connectivity index (χ1n) is 9.47. The Kier molecular flexibility index (Phi) is 7.65. The van der Waals surface area contributed by atoms with E-state index in [1.807, 2.05) is 24.0 Å². The SMILES string of the molecule is Cc1ccc(C(=O)N2CC(C)CC(C)C2)cc1NC(=O)C1CNCCO1.Cl. The van der Waals surface area contributed by atoms with E-state index < -0.39 is 6.10 Å². The first kappa shape index (κ1) is 21.7. The molecule has 3 atom stereocenters. The van der Waals surface area contributed by atoms with Crippen LogP contribution in [-0.4, -0.2) is 55.6 Å². The van der Waals surface area contributed by atoms with Crippen LogP contribution in [0.4, 0.5) is 5.69 Å². The maximum absolute atomic E-state index is 12.9. The number of aryl methyl sites for hydroxylation is 1. The second-order valence-electron chi connectivity index (χ2n) is 7.74. The Hall–Kier alpha value is -1.63. The zero-order valence-corrected chi connectivity index (χ0v) is 17.1. The van der Waals surface area contributed by atoms with Gasteiger partial charge in [-0.1, -0.05) is 19.9 Å². The molecular formula is C20H30ClN3O3. The number of carbonyl (C=O) groups excluding carboxylic acids is 2. The average molecular weight is 396 g/mol. The van der Waals surface area contributed by atoms with E-state index in [0.717, 1.165) is 31.6 Å². The first-order valence-corrected chi connectivity index (χ1v) is 9.47. The average Bonchev–Trinajstić information content (AvgIpc) is 2.63. The molecule has 27 heavy (non-hydrogen) atoms. The number of hydrogen-bond acceptors (Lipinski definition) is 4. The third kappa shape index (κ3) is 5.43. The van der Waals surface area contributed by atoms with Crippen molar-refractivity contribution in [1.29, 1.82) is 0 Å². The summed E-state index contributed by atoms with van der Waals surface area (Å²) in [6.07, 6.45) is 0.667. The number of nitrogens with one attached hydrogen (secondary N) is 2. The molecule has 0 aromatic heterocycles. The summed E-state index contributed by atoms with van der Waals surface area (Å²) >= 11 is 0. The van der Waals surface area contributed by atoms with Crippen molar-refractivity contribution in [2.45, 2.75) is 33.3 Å². The number of nitrogens with zero attached hydrogens (tertiary/aromatic N) is 1. The minimum atomic E-state index is -0.494. The molecule has 2 amide bonds. The second kappa shape index (κ2) is 9.53. The lowest BCUT2D eigenvalue weighted by atomic mass is 9.91. The molecule has 2 aliphatic heterocycles. The highest BCUT2D eigenvalue weighted by Gasteiger charge is 2.27. The van der Waals surface area contributed by atoms with E-state index in [1.54, 1.807) is 6.07 Å². The van der Waals surface area contributed by atoms with E-state index in [0.29, 0.717) is 36.2 Å². The van der Waals surface area contributed by atoms with Crippen LogP contribution in [0.3, 0.4) is 0 Å². The van der Waals surface area contributed by atoms with Gasteiger partial charge in [0, 0.05) is 37.4 Å². The normalized spacial score (nSPS) is 25.4. The first-order chi connectivity index (χ1) is 12.4. The van der Waals surface area contributed by atoms with Crippen LogP contribution in [0.5, 0.6) is 0 Å². The molecule has 6 nitrogen and oxygen atoms in total. The number of likely N-dealkylation sites (tertiary alicyclic amines) is 1. The van der Waals surface area contributed by atoms with E-state index in [9.17, 15) is 9.59 Å². The Morgan fingerprint density at radius 1 is 1.22 bits per heavy atom. The Morgan fingerprint density at radius 3 is 2.56 bits per heavy atom. The zero-order valence-electron chi connectivity index (χ0n) is 16.3. The number of hydrogen-bond donors (Lipinski definition) is 2. The van der Waals surface area contributed by atoms with Crippen LogP contribution in [0.1, 0.15) is 36.2 Å². The van der Waals surface area contributed by atoms with E-state index in [4.69, 9.17) is 4.74 Å². The lowest BCUT2D eigenvalue weighted by Gasteiger charge is -2.35. The van der Waals surface area contributed by atoms with Crippen molar-refractivity contribution in [2.24, 2.45) is 11.8 Å². The summed E-state index contributed by atoms with van der Waals surface area (Å²) < 4.78 is 5.50. The highest BCUT2D eigenvalue weighted by molar-refractivity contribution is 5.99. The van der Waals surface area contributed by atoms with Crippen molar-refractivity contribution in [3.05, 3.63) is 29.3 Å². The molecule has 1 aromatic rings. The summed E-state index contributed by atoms with van der Waals surface area (Å²) in [4.78, 5) is 27.3. The van der Waals surface area contributed by atoms with Gasteiger partial charge in [0.2, 0.25) is 0 Å². The van der Waals surface area contributed by atoms with E-state index in [1.165, 1.54) is 0 Å². The molecule has 2 N–H and O–H groups in total. The summed E-state index contributed by atoms with van der Waals surface area (Å²) in [5, 5.41) is 6.07. The maximum atomic E-state index is 12.9. The number of amides is 2. The fraction of sp³-hybridized carbons (Fsp3) is 0.600. The van der Waals surface area contributed by atoms with Gasteiger partial charge in [-0.15, -0.1) is 12.4 Å². The lowest BCUT2D eigenvalue weighted by molar-refractivity contribution is -0.128. The quantitative estimate of drug-likeness (QED) is 0.824. The Morgan fingerprint density at radius 2 is 1.93 bits per heavy atom. The number of anilines is 1. The molecule has 2 aliphatic rings. The molecule has 0 bridgehead atoms. The molecule has 2 heterocycles. The van der Waals surface area contributed by atoms with Crippen molar-refractivity contribution in [2.75, 3.05) is 38.1 Å². The van der Waals surface area contributed by atoms with Crippen molar-refractivity contribution >= 4 is 29.9 Å². The van der Waals surface area contributed by atoms with Crippen LogP contribution in [0.25, 0.3) is 0 Å². The predicted molar refractivity (Wildman–Crippen MR) is 109 cm³/mol. The minimum absolute atomic E-state index is 0. The van der Waals surface area contributed by atoms with Gasteiger partial charge in [-0.25, -0.2) is 0 Å². The van der Waals surface area contributed by atoms with Crippen LogP contribution in [0.2, 0.25) is 0 Å². The highest BCUT2D eigenvalue weighted by atomic mass is 35.5. The van der Waals surface area contributed by atoms with E-state index in [-0.39, 0.29) is 24.2 Å². The number of halogens is 1. The standard InChI is InChI=1S/C20H29N3O3.ClH/c1-13-8-14(2)12-23(11-13)20(25)16-5-4-15(3)17(9-16)22-19(24)18-10-21-6-7-26-18;/h4-5,9,13-14,18,21H,6-8,10-12H2,1-3H3,(H,22,24);1H. The van der Waals surface area contributed by atoms with Gasteiger partial charge >= 0.3 is 0 Å². The summed E-state index contributed by atoms with van der Waals surface area (Å²) in [5.74, 6) is 0.895. The van der Waals surface area contributed by atoms with Crippen LogP contribution >= 0.6 is 12.4 Å². The van der Waals surface area contributed by atoms with Crippen LogP contribution in [0.15, 0.2) is 18.2 Å². The fourth-order valence-electron chi connectivity index (χ4n) is 3.85. The third-order valence-electron chi connectivity index (χ3n) is 5.12. The summed E-state index contributed by atoms with van der Waals surface area (Å²) in [6, 6.07) is 5.52. The summed E-state index contributed by atoms with van der Waals surface area (Å²) in [7, 11) is 0. The molecule has 0 saturated carbocycles. The molecule has 0 aliphatic carbocycles. The van der Waals surface area contributed by atoms with Crippen molar-refractivity contribution in [3.63, 3.8) is 0 Å². The Labute approximate surface area is 167 Å². The van der Waals surface area contributed by atoms with Gasteiger partial charge in [0.1, 0.15) is 6.10 Å². The number of ether oxygens (including phenoxy) is 1. The topological polar surface area (TPSA) is 70.7 Å². The van der Waals surface area contributed by atoms with Gasteiger partial charge < -0.3 is 20.3 Å². The number of piperidine rings is 1. The number of morpholine rings is 1. The molecule has 2 fully saturated rings. The molecule has 0 radical (unpaired) electrons. The molecule has 1 aromatic carbocycles. The van der Waals surface area contributed by atoms with Gasteiger partial charge in [-0.05, 0) is 42.9 Å². The molecule has 7 heteroatoms. The number of rotatable bonds is 3. The predicted octanol–water partition coefficient (Wildman–Crippen LogP) is 2.46. The molecule has 2 saturated heterocycles. The van der Waals surface area contributed by atoms with Gasteiger partial charge in [0.15, 0.2) is 0 Å². The van der Waals surface area contributed by atoms with Gasteiger partial charge in [0.25, 0.3) is 11.8 Å². The smallest absolute Gasteiger partial charge is 0.254 e. The van der Waals surface area contributed by atoms with Crippen molar-refractivity contribution < 1.29 is 14.3 Å². The van der Waals surface area contributed by atoms with Gasteiger partial charge in [-0.3, -0.25) is 9.59 Å².